The molecule has 1 N–H and O–H groups in total. The molecule has 3 rings (SSSR count). The predicted molar refractivity (Wildman–Crippen MR) is 74.7 cm³/mol. The van der Waals surface area contributed by atoms with Crippen LogP contribution in [0.2, 0.25) is 0 Å². The van der Waals surface area contributed by atoms with E-state index < -0.39 is 5.97 Å². The van der Waals surface area contributed by atoms with Crippen molar-refractivity contribution < 1.29 is 9.90 Å². The lowest BCUT2D eigenvalue weighted by Crippen LogP contribution is -1.98. The van der Waals surface area contributed by atoms with E-state index in [0.29, 0.717) is 0 Å². The van der Waals surface area contributed by atoms with Crippen molar-refractivity contribution in [3.05, 3.63) is 77.4 Å². The van der Waals surface area contributed by atoms with Crippen molar-refractivity contribution in [2.45, 2.75) is 5.92 Å². The summed E-state index contributed by atoms with van der Waals surface area (Å²) >= 11 is 0. The smallest absolute Gasteiger partial charge is 0.311 e. The lowest BCUT2D eigenvalue weighted by molar-refractivity contribution is -0.138. The Morgan fingerprint density at radius 1 is 0.947 bits per heavy atom. The van der Waals surface area contributed by atoms with E-state index in [4.69, 9.17) is 0 Å². The van der Waals surface area contributed by atoms with Crippen LogP contribution < -0.4 is 0 Å². The van der Waals surface area contributed by atoms with Crippen LogP contribution in [0.4, 0.5) is 0 Å². The maximum absolute atomic E-state index is 11.3. The molecule has 0 aromatic heterocycles. The number of carboxylic acid groups (broad SMARTS) is 1. The minimum absolute atomic E-state index is 0.0268. The van der Waals surface area contributed by atoms with Gasteiger partial charge in [0.25, 0.3) is 0 Å². The van der Waals surface area contributed by atoms with Gasteiger partial charge in [0.1, 0.15) is 0 Å². The number of benzene rings is 2. The molecule has 2 aromatic rings. The Morgan fingerprint density at radius 3 is 2.11 bits per heavy atom. The Kier molecular flexibility index (Phi) is 2.92. The SMILES string of the molecule is O=C(O)[C@@H]1/C(=C\c2ccccc2)[C@H]1c1ccccc1. The van der Waals surface area contributed by atoms with Gasteiger partial charge in [-0.3, -0.25) is 4.79 Å². The van der Waals surface area contributed by atoms with Crippen LogP contribution in [0.3, 0.4) is 0 Å². The maximum Gasteiger partial charge on any atom is 0.311 e. The van der Waals surface area contributed by atoms with E-state index in [0.717, 1.165) is 16.7 Å². The van der Waals surface area contributed by atoms with Crippen LogP contribution in [0.1, 0.15) is 17.0 Å². The minimum Gasteiger partial charge on any atom is -0.481 e. The fraction of sp³-hybridized carbons (Fsp3) is 0.118. The summed E-state index contributed by atoms with van der Waals surface area (Å²) in [5.74, 6) is -1.09. The summed E-state index contributed by atoms with van der Waals surface area (Å²) in [6.45, 7) is 0. The summed E-state index contributed by atoms with van der Waals surface area (Å²) < 4.78 is 0. The number of aliphatic carboxylic acids is 1. The third-order valence-corrected chi connectivity index (χ3v) is 3.50. The third-order valence-electron chi connectivity index (χ3n) is 3.50. The largest absolute Gasteiger partial charge is 0.481 e. The second kappa shape index (κ2) is 4.73. The molecule has 0 aliphatic heterocycles. The van der Waals surface area contributed by atoms with Gasteiger partial charge in [0, 0.05) is 5.92 Å². The number of carboxylic acids is 1. The van der Waals surface area contributed by atoms with Gasteiger partial charge in [-0.1, -0.05) is 66.7 Å². The van der Waals surface area contributed by atoms with Gasteiger partial charge in [0.15, 0.2) is 0 Å². The van der Waals surface area contributed by atoms with Gasteiger partial charge in [-0.25, -0.2) is 0 Å². The van der Waals surface area contributed by atoms with Crippen molar-refractivity contribution in [3.8, 4) is 0 Å². The highest BCUT2D eigenvalue weighted by Crippen LogP contribution is 2.54. The summed E-state index contributed by atoms with van der Waals surface area (Å²) in [7, 11) is 0. The van der Waals surface area contributed by atoms with Gasteiger partial charge in [0.2, 0.25) is 0 Å². The summed E-state index contributed by atoms with van der Waals surface area (Å²) in [5, 5.41) is 9.29. The second-order valence-corrected chi connectivity index (χ2v) is 4.76. The average Bonchev–Trinajstić information content (AvgIpc) is 3.15. The van der Waals surface area contributed by atoms with Gasteiger partial charge in [-0.15, -0.1) is 0 Å². The molecule has 94 valence electrons. The normalized spacial score (nSPS) is 23.3. The van der Waals surface area contributed by atoms with Crippen LogP contribution in [0, 0.1) is 5.92 Å². The van der Waals surface area contributed by atoms with Crippen molar-refractivity contribution in [1.82, 2.24) is 0 Å². The molecule has 0 amide bonds. The molecule has 1 saturated carbocycles. The molecule has 0 spiro atoms. The monoisotopic (exact) mass is 250 g/mol. The number of hydrogen-bond donors (Lipinski definition) is 1. The fourth-order valence-corrected chi connectivity index (χ4v) is 2.53. The fourth-order valence-electron chi connectivity index (χ4n) is 2.53. The molecule has 0 heterocycles. The Morgan fingerprint density at radius 2 is 1.53 bits per heavy atom. The Bertz CT molecular complexity index is 614. The van der Waals surface area contributed by atoms with Crippen LogP contribution in [0.15, 0.2) is 66.2 Å². The molecular formula is C17H14O2. The van der Waals surface area contributed by atoms with Crippen LogP contribution in [-0.4, -0.2) is 11.1 Å². The first-order valence-electron chi connectivity index (χ1n) is 6.31. The molecule has 2 aromatic carbocycles. The number of rotatable bonds is 3. The van der Waals surface area contributed by atoms with Crippen LogP contribution in [0.25, 0.3) is 6.08 Å². The highest BCUT2D eigenvalue weighted by Gasteiger charge is 2.50. The standard InChI is InChI=1S/C17H14O2/c18-17(19)16-14(11-12-7-3-1-4-8-12)15(16)13-9-5-2-6-10-13/h1-11,15-16H,(H,18,19)/b14-11-/t15-,16-/m1/s1. The quantitative estimate of drug-likeness (QED) is 0.904. The summed E-state index contributed by atoms with van der Waals surface area (Å²) in [5.41, 5.74) is 3.13. The molecule has 2 nitrogen and oxygen atoms in total. The van der Waals surface area contributed by atoms with Crippen molar-refractivity contribution in [2.75, 3.05) is 0 Å². The molecule has 19 heavy (non-hydrogen) atoms. The molecule has 1 fully saturated rings. The molecule has 0 radical (unpaired) electrons. The zero-order valence-corrected chi connectivity index (χ0v) is 10.4. The van der Waals surface area contributed by atoms with E-state index in [1.54, 1.807) is 0 Å². The van der Waals surface area contributed by atoms with Gasteiger partial charge in [-0.2, -0.15) is 0 Å². The first-order chi connectivity index (χ1) is 9.27. The Balaban J connectivity index is 1.94. The van der Waals surface area contributed by atoms with E-state index >= 15 is 0 Å². The van der Waals surface area contributed by atoms with E-state index in [-0.39, 0.29) is 11.8 Å². The summed E-state index contributed by atoms with van der Waals surface area (Å²) in [6, 6.07) is 19.7. The lowest BCUT2D eigenvalue weighted by atomic mass is 10.1. The molecule has 0 bridgehead atoms. The zero-order chi connectivity index (χ0) is 13.2. The zero-order valence-electron chi connectivity index (χ0n) is 10.4. The molecule has 2 atom stereocenters. The molecule has 2 heteroatoms. The molecular weight excluding hydrogens is 236 g/mol. The summed E-state index contributed by atoms with van der Waals surface area (Å²) in [4.78, 5) is 11.3. The third kappa shape index (κ3) is 2.29. The van der Waals surface area contributed by atoms with E-state index in [2.05, 4.69) is 0 Å². The van der Waals surface area contributed by atoms with Gasteiger partial charge >= 0.3 is 5.97 Å². The highest BCUT2D eigenvalue weighted by molar-refractivity contribution is 5.86. The molecule has 1 aliphatic carbocycles. The van der Waals surface area contributed by atoms with Crippen molar-refractivity contribution in [1.29, 1.82) is 0 Å². The van der Waals surface area contributed by atoms with Crippen molar-refractivity contribution >= 4 is 12.0 Å². The van der Waals surface area contributed by atoms with E-state index in [9.17, 15) is 9.90 Å². The average molecular weight is 250 g/mol. The van der Waals surface area contributed by atoms with Crippen molar-refractivity contribution in [3.63, 3.8) is 0 Å². The predicted octanol–water partition coefficient (Wildman–Crippen LogP) is 3.57. The minimum atomic E-state index is -0.740. The van der Waals surface area contributed by atoms with Crippen LogP contribution in [-0.2, 0) is 4.79 Å². The Labute approximate surface area is 112 Å². The van der Waals surface area contributed by atoms with Gasteiger partial charge in [-0.05, 0) is 16.7 Å². The lowest BCUT2D eigenvalue weighted by Gasteiger charge is -1.95. The molecule has 0 unspecified atom stereocenters. The van der Waals surface area contributed by atoms with E-state index in [1.807, 2.05) is 66.7 Å². The van der Waals surface area contributed by atoms with Gasteiger partial charge < -0.3 is 5.11 Å². The number of carbonyl (C=O) groups is 1. The van der Waals surface area contributed by atoms with Crippen LogP contribution >= 0.6 is 0 Å². The summed E-state index contributed by atoms with van der Waals surface area (Å²) in [6.07, 6.45) is 2.00. The maximum atomic E-state index is 11.3. The van der Waals surface area contributed by atoms with Crippen molar-refractivity contribution in [2.24, 2.45) is 5.92 Å². The van der Waals surface area contributed by atoms with Crippen LogP contribution in [0.5, 0.6) is 0 Å². The highest BCUT2D eigenvalue weighted by atomic mass is 16.4. The van der Waals surface area contributed by atoms with Gasteiger partial charge in [0.05, 0.1) is 5.92 Å². The molecule has 0 saturated heterocycles. The Hall–Kier alpha value is -2.35. The number of hydrogen-bond acceptors (Lipinski definition) is 1. The molecule has 1 aliphatic rings. The topological polar surface area (TPSA) is 37.3 Å². The second-order valence-electron chi connectivity index (χ2n) is 4.76. The van der Waals surface area contributed by atoms with E-state index in [1.165, 1.54) is 0 Å². The first-order valence-corrected chi connectivity index (χ1v) is 6.31. The first kappa shape index (κ1) is 11.7.